The van der Waals surface area contributed by atoms with Gasteiger partial charge in [0.2, 0.25) is 0 Å². The molecular formula is C21H20N2OS. The highest BCUT2D eigenvalue weighted by Crippen LogP contribution is 2.30. The summed E-state index contributed by atoms with van der Waals surface area (Å²) >= 11 is 1.67. The molecule has 1 aromatic carbocycles. The minimum absolute atomic E-state index is 0.0933. The number of carbonyl (C=O) groups excluding carboxylic acids is 1. The highest BCUT2D eigenvalue weighted by molar-refractivity contribution is 7.10. The molecule has 126 valence electrons. The Morgan fingerprint density at radius 3 is 2.72 bits per heavy atom. The monoisotopic (exact) mass is 348 g/mol. The Kier molecular flexibility index (Phi) is 4.61. The molecule has 1 N–H and O–H groups in total. The first-order chi connectivity index (χ1) is 12.3. The zero-order valence-electron chi connectivity index (χ0n) is 13.9. The van der Waals surface area contributed by atoms with E-state index < -0.39 is 0 Å². The molecule has 2 aromatic heterocycles. The van der Waals surface area contributed by atoms with Gasteiger partial charge >= 0.3 is 0 Å². The molecule has 1 aliphatic carbocycles. The number of aromatic nitrogens is 1. The molecule has 0 aliphatic heterocycles. The number of hydrogen-bond donors (Lipinski definition) is 1. The van der Waals surface area contributed by atoms with Crippen molar-refractivity contribution in [2.75, 3.05) is 0 Å². The normalized spacial score (nSPS) is 14.6. The molecule has 4 rings (SSSR count). The predicted octanol–water partition coefficient (Wildman–Crippen LogP) is 4.54. The van der Waals surface area contributed by atoms with Crippen LogP contribution in [0.3, 0.4) is 0 Å². The van der Waals surface area contributed by atoms with Crippen molar-refractivity contribution >= 4 is 17.2 Å². The Hall–Kier alpha value is -2.46. The Labute approximate surface area is 151 Å². The number of fused-ring (bicyclic) bond motifs is 1. The van der Waals surface area contributed by atoms with E-state index in [2.05, 4.69) is 39.9 Å². The lowest BCUT2D eigenvalue weighted by Gasteiger charge is -2.22. The van der Waals surface area contributed by atoms with Gasteiger partial charge in [0.25, 0.3) is 5.91 Å². The Bertz CT molecular complexity index is 859. The molecule has 1 atom stereocenters. The highest BCUT2D eigenvalue weighted by atomic mass is 32.1. The van der Waals surface area contributed by atoms with Gasteiger partial charge in [0.1, 0.15) is 0 Å². The Morgan fingerprint density at radius 1 is 1.08 bits per heavy atom. The van der Waals surface area contributed by atoms with Crippen LogP contribution in [0, 0.1) is 0 Å². The van der Waals surface area contributed by atoms with Crippen molar-refractivity contribution in [3.8, 4) is 0 Å². The lowest BCUT2D eigenvalue weighted by molar-refractivity contribution is 0.0943. The minimum atomic E-state index is -0.125. The second-order valence-corrected chi connectivity index (χ2v) is 7.38. The molecular weight excluding hydrogens is 328 g/mol. The van der Waals surface area contributed by atoms with Crippen molar-refractivity contribution in [3.05, 3.63) is 87.4 Å². The zero-order valence-corrected chi connectivity index (χ0v) is 14.8. The van der Waals surface area contributed by atoms with Crippen LogP contribution < -0.4 is 5.32 Å². The van der Waals surface area contributed by atoms with Crippen molar-refractivity contribution in [3.63, 3.8) is 0 Å². The van der Waals surface area contributed by atoms with Gasteiger partial charge < -0.3 is 5.32 Å². The lowest BCUT2D eigenvalue weighted by atomic mass is 9.89. The quantitative estimate of drug-likeness (QED) is 0.752. The first kappa shape index (κ1) is 16.0. The van der Waals surface area contributed by atoms with Crippen molar-refractivity contribution in [2.45, 2.75) is 31.7 Å². The third kappa shape index (κ3) is 3.49. The van der Waals surface area contributed by atoms with E-state index >= 15 is 0 Å². The summed E-state index contributed by atoms with van der Waals surface area (Å²) in [5, 5.41) is 5.24. The first-order valence-electron chi connectivity index (χ1n) is 8.67. The van der Waals surface area contributed by atoms with E-state index in [4.69, 9.17) is 0 Å². The van der Waals surface area contributed by atoms with Crippen molar-refractivity contribution in [2.24, 2.45) is 0 Å². The summed E-state index contributed by atoms with van der Waals surface area (Å²) in [4.78, 5) is 17.9. The Morgan fingerprint density at radius 2 is 1.96 bits per heavy atom. The van der Waals surface area contributed by atoms with Crippen LogP contribution in [0.4, 0.5) is 0 Å². The van der Waals surface area contributed by atoms with Crippen LogP contribution >= 0.6 is 11.3 Å². The summed E-state index contributed by atoms with van der Waals surface area (Å²) in [6.45, 7) is 0. The van der Waals surface area contributed by atoms with Crippen LogP contribution in [-0.2, 0) is 12.8 Å². The van der Waals surface area contributed by atoms with E-state index in [0.29, 0.717) is 5.56 Å². The van der Waals surface area contributed by atoms with E-state index in [9.17, 15) is 4.79 Å². The van der Waals surface area contributed by atoms with Gasteiger partial charge in [-0.05, 0) is 66.0 Å². The molecule has 1 amide bonds. The maximum absolute atomic E-state index is 12.7. The van der Waals surface area contributed by atoms with Crippen LogP contribution in [0.1, 0.15) is 50.8 Å². The number of hydrogen-bond acceptors (Lipinski definition) is 3. The zero-order chi connectivity index (χ0) is 17.1. The number of thiophene rings is 1. The fourth-order valence-corrected chi connectivity index (χ4v) is 4.22. The molecule has 0 fully saturated rings. The molecule has 0 unspecified atom stereocenters. The third-order valence-corrected chi connectivity index (χ3v) is 5.67. The fraction of sp³-hybridized carbons (Fsp3) is 0.238. The van der Waals surface area contributed by atoms with Gasteiger partial charge in [0.05, 0.1) is 11.6 Å². The molecule has 3 nitrogen and oxygen atoms in total. The molecule has 1 aliphatic rings. The van der Waals surface area contributed by atoms with Crippen LogP contribution in [0.2, 0.25) is 0 Å². The third-order valence-electron chi connectivity index (χ3n) is 4.73. The number of rotatable bonds is 4. The lowest BCUT2D eigenvalue weighted by Crippen LogP contribution is -2.29. The molecule has 0 saturated carbocycles. The Balaban J connectivity index is 1.66. The van der Waals surface area contributed by atoms with Gasteiger partial charge in [-0.2, -0.15) is 0 Å². The van der Waals surface area contributed by atoms with Crippen molar-refractivity contribution in [1.29, 1.82) is 0 Å². The summed E-state index contributed by atoms with van der Waals surface area (Å²) in [6, 6.07) is 14.2. The number of benzene rings is 1. The maximum atomic E-state index is 12.7. The van der Waals surface area contributed by atoms with Gasteiger partial charge in [-0.15, -0.1) is 11.3 Å². The van der Waals surface area contributed by atoms with Gasteiger partial charge in [-0.25, -0.2) is 0 Å². The van der Waals surface area contributed by atoms with E-state index in [1.807, 2.05) is 6.07 Å². The molecule has 2 heterocycles. The second-order valence-electron chi connectivity index (χ2n) is 6.40. The van der Waals surface area contributed by atoms with Crippen LogP contribution in [0.25, 0.3) is 0 Å². The van der Waals surface area contributed by atoms with Crippen LogP contribution in [-0.4, -0.2) is 10.9 Å². The molecule has 25 heavy (non-hydrogen) atoms. The minimum Gasteiger partial charge on any atom is -0.340 e. The van der Waals surface area contributed by atoms with Crippen LogP contribution in [0.5, 0.6) is 0 Å². The van der Waals surface area contributed by atoms with E-state index in [1.54, 1.807) is 35.9 Å². The average Bonchev–Trinajstić information content (AvgIpc) is 3.20. The first-order valence-corrected chi connectivity index (χ1v) is 9.55. The van der Waals surface area contributed by atoms with Gasteiger partial charge in [-0.1, -0.05) is 24.3 Å². The number of nitrogens with one attached hydrogen (secondary N) is 1. The largest absolute Gasteiger partial charge is 0.340 e. The molecule has 3 aromatic rings. The fourth-order valence-electron chi connectivity index (χ4n) is 3.42. The number of amides is 1. The smallest absolute Gasteiger partial charge is 0.253 e. The summed E-state index contributed by atoms with van der Waals surface area (Å²) in [5.74, 6) is -0.0933. The second kappa shape index (κ2) is 7.19. The summed E-state index contributed by atoms with van der Waals surface area (Å²) < 4.78 is 0. The maximum Gasteiger partial charge on any atom is 0.253 e. The van der Waals surface area contributed by atoms with E-state index in [-0.39, 0.29) is 11.9 Å². The summed E-state index contributed by atoms with van der Waals surface area (Å²) in [5.41, 5.74) is 4.63. The molecule has 0 saturated heterocycles. The average molecular weight is 348 g/mol. The van der Waals surface area contributed by atoms with Gasteiger partial charge in [0, 0.05) is 17.3 Å². The number of carbonyl (C=O) groups is 1. The van der Waals surface area contributed by atoms with Crippen LogP contribution in [0.15, 0.2) is 60.2 Å². The van der Waals surface area contributed by atoms with E-state index in [0.717, 1.165) is 16.9 Å². The SMILES string of the molecule is O=C(N[C@@H](c1ccc2c(c1)CCCC2)c1cccs1)c1cccnc1. The summed E-state index contributed by atoms with van der Waals surface area (Å²) in [7, 11) is 0. The number of aryl methyl sites for hydroxylation is 2. The highest BCUT2D eigenvalue weighted by Gasteiger charge is 2.20. The van der Waals surface area contributed by atoms with Crippen molar-refractivity contribution < 1.29 is 4.79 Å². The molecule has 0 spiro atoms. The van der Waals surface area contributed by atoms with Crippen molar-refractivity contribution in [1.82, 2.24) is 10.3 Å². The van der Waals surface area contributed by atoms with E-state index in [1.165, 1.54) is 30.4 Å². The molecule has 4 heteroatoms. The number of pyridine rings is 1. The number of nitrogens with zero attached hydrogens (tertiary/aromatic N) is 1. The topological polar surface area (TPSA) is 42.0 Å². The summed E-state index contributed by atoms with van der Waals surface area (Å²) in [6.07, 6.45) is 8.11. The predicted molar refractivity (Wildman–Crippen MR) is 101 cm³/mol. The van der Waals surface area contributed by atoms with Gasteiger partial charge in [-0.3, -0.25) is 9.78 Å². The molecule has 0 bridgehead atoms. The van der Waals surface area contributed by atoms with Gasteiger partial charge in [0.15, 0.2) is 0 Å². The standard InChI is InChI=1S/C21H20N2OS/c24-21(18-7-3-11-22-14-18)23-20(19-8-4-12-25-19)17-10-9-15-5-1-2-6-16(15)13-17/h3-4,7-14,20H,1-2,5-6H2,(H,23,24)/t20-/m0/s1. The molecule has 0 radical (unpaired) electrons.